The third-order valence-corrected chi connectivity index (χ3v) is 3.84. The maximum absolute atomic E-state index is 11.8. The van der Waals surface area contributed by atoms with Crippen molar-refractivity contribution in [2.24, 2.45) is 0 Å². The van der Waals surface area contributed by atoms with E-state index in [0.717, 1.165) is 0 Å². The lowest BCUT2D eigenvalue weighted by Crippen LogP contribution is -2.21. The Hall–Kier alpha value is -2.57. The fourth-order valence-corrected chi connectivity index (χ4v) is 2.55. The maximum Gasteiger partial charge on any atom is 0.306 e. The number of nitrogens with one attached hydrogen (secondary N) is 2. The highest BCUT2D eigenvalue weighted by Gasteiger charge is 2.10. The van der Waals surface area contributed by atoms with Crippen LogP contribution in [0.3, 0.4) is 0 Å². The van der Waals surface area contributed by atoms with Crippen molar-refractivity contribution in [3.63, 3.8) is 0 Å². The monoisotopic (exact) mass is 408 g/mol. The molecule has 8 heteroatoms. The molecule has 0 bridgehead atoms. The van der Waals surface area contributed by atoms with Crippen molar-refractivity contribution >= 4 is 52.4 Å². The molecule has 0 atom stereocenters. The van der Waals surface area contributed by atoms with Crippen LogP contribution in [-0.2, 0) is 19.1 Å². The van der Waals surface area contributed by atoms with E-state index in [1.54, 1.807) is 48.5 Å². The minimum absolute atomic E-state index is 0.0351. The summed E-state index contributed by atoms with van der Waals surface area (Å²) in [5.74, 6) is -1.25. The van der Waals surface area contributed by atoms with E-state index < -0.39 is 18.5 Å². The average molecular weight is 409 g/mol. The quantitative estimate of drug-likeness (QED) is 0.638. The van der Waals surface area contributed by atoms with E-state index in [9.17, 15) is 14.4 Å². The van der Waals surface area contributed by atoms with E-state index in [1.165, 1.54) is 0 Å². The number of halogens is 2. The number of carbonyl (C=O) groups is 3. The van der Waals surface area contributed by atoms with Crippen molar-refractivity contribution in [1.82, 2.24) is 0 Å². The van der Waals surface area contributed by atoms with E-state index in [1.807, 2.05) is 0 Å². The van der Waals surface area contributed by atoms with Gasteiger partial charge in [0.05, 0.1) is 0 Å². The molecule has 0 unspecified atom stereocenters. The average Bonchev–Trinajstić information content (AvgIpc) is 2.60. The van der Waals surface area contributed by atoms with Gasteiger partial charge >= 0.3 is 5.97 Å². The van der Waals surface area contributed by atoms with Gasteiger partial charge in [-0.3, -0.25) is 14.4 Å². The van der Waals surface area contributed by atoms with E-state index >= 15 is 0 Å². The number of esters is 1. The normalized spacial score (nSPS) is 10.1. The van der Waals surface area contributed by atoms with Gasteiger partial charge in [0, 0.05) is 34.3 Å². The number of anilines is 2. The van der Waals surface area contributed by atoms with Gasteiger partial charge in [0.15, 0.2) is 6.61 Å². The van der Waals surface area contributed by atoms with Crippen LogP contribution >= 0.6 is 23.2 Å². The third kappa shape index (κ3) is 8.11. The molecule has 0 heterocycles. The molecule has 27 heavy (non-hydrogen) atoms. The predicted octanol–water partition coefficient (Wildman–Crippen LogP) is 4.28. The van der Waals surface area contributed by atoms with Gasteiger partial charge in [-0.2, -0.15) is 0 Å². The van der Waals surface area contributed by atoms with Crippen molar-refractivity contribution in [2.45, 2.75) is 19.3 Å². The van der Waals surface area contributed by atoms with E-state index in [4.69, 9.17) is 27.9 Å². The Bertz CT molecular complexity index is 827. The van der Waals surface area contributed by atoms with Crippen molar-refractivity contribution in [3.8, 4) is 0 Å². The Morgan fingerprint density at radius 2 is 1.37 bits per heavy atom. The van der Waals surface area contributed by atoms with Crippen LogP contribution in [0.4, 0.5) is 11.4 Å². The summed E-state index contributed by atoms with van der Waals surface area (Å²) in [5.41, 5.74) is 1.11. The molecular formula is C19H18Cl2N2O4. The molecule has 2 aromatic rings. The Labute approximate surface area is 166 Å². The van der Waals surface area contributed by atoms with Gasteiger partial charge in [-0.1, -0.05) is 35.3 Å². The SMILES string of the molecule is O=C(CCCC(=O)OCC(=O)Nc1cccc(Cl)c1)Nc1cccc(Cl)c1. The minimum Gasteiger partial charge on any atom is -0.456 e. The Morgan fingerprint density at radius 3 is 1.93 bits per heavy atom. The smallest absolute Gasteiger partial charge is 0.306 e. The van der Waals surface area contributed by atoms with Gasteiger partial charge in [-0.15, -0.1) is 0 Å². The van der Waals surface area contributed by atoms with Gasteiger partial charge in [0.25, 0.3) is 5.91 Å². The first kappa shape index (κ1) is 20.7. The fraction of sp³-hybridized carbons (Fsp3) is 0.211. The van der Waals surface area contributed by atoms with Crippen LogP contribution < -0.4 is 10.6 Å². The van der Waals surface area contributed by atoms with Crippen LogP contribution in [0.2, 0.25) is 10.0 Å². The minimum atomic E-state index is -0.549. The Balaban J connectivity index is 1.63. The van der Waals surface area contributed by atoms with E-state index in [0.29, 0.717) is 27.8 Å². The molecule has 2 rings (SSSR count). The molecule has 2 aromatic carbocycles. The number of rotatable bonds is 8. The largest absolute Gasteiger partial charge is 0.456 e. The van der Waals surface area contributed by atoms with Crippen molar-refractivity contribution in [3.05, 3.63) is 58.6 Å². The molecule has 0 radical (unpaired) electrons. The van der Waals surface area contributed by atoms with Gasteiger partial charge < -0.3 is 15.4 Å². The molecule has 0 spiro atoms. The maximum atomic E-state index is 11.8. The number of carbonyl (C=O) groups excluding carboxylic acids is 3. The van der Waals surface area contributed by atoms with Gasteiger partial charge in [0.1, 0.15) is 0 Å². The highest BCUT2D eigenvalue weighted by molar-refractivity contribution is 6.31. The number of hydrogen-bond donors (Lipinski definition) is 2. The van der Waals surface area contributed by atoms with Gasteiger partial charge in [-0.25, -0.2) is 0 Å². The summed E-state index contributed by atoms with van der Waals surface area (Å²) in [4.78, 5) is 35.2. The first-order valence-electron chi connectivity index (χ1n) is 8.19. The van der Waals surface area contributed by atoms with Crippen LogP contribution in [-0.4, -0.2) is 24.4 Å². The van der Waals surface area contributed by atoms with Crippen molar-refractivity contribution < 1.29 is 19.1 Å². The van der Waals surface area contributed by atoms with Crippen LogP contribution in [0, 0.1) is 0 Å². The first-order chi connectivity index (χ1) is 12.9. The zero-order chi connectivity index (χ0) is 19.6. The molecule has 0 saturated carbocycles. The van der Waals surface area contributed by atoms with E-state index in [-0.39, 0.29) is 18.7 Å². The Kier molecular flexibility index (Phi) is 8.10. The summed E-state index contributed by atoms with van der Waals surface area (Å²) in [6, 6.07) is 13.4. The molecule has 0 saturated heterocycles. The number of hydrogen-bond acceptors (Lipinski definition) is 4. The van der Waals surface area contributed by atoms with Crippen LogP contribution in [0.5, 0.6) is 0 Å². The standard InChI is InChI=1S/C19H18Cl2N2O4/c20-13-4-1-6-15(10-13)22-17(24)8-3-9-19(26)27-12-18(25)23-16-7-2-5-14(21)11-16/h1-2,4-7,10-11H,3,8-9,12H2,(H,22,24)(H,23,25). The lowest BCUT2D eigenvalue weighted by atomic mass is 10.2. The summed E-state index contributed by atoms with van der Waals surface area (Å²) < 4.78 is 4.89. The fourth-order valence-electron chi connectivity index (χ4n) is 2.16. The van der Waals surface area contributed by atoms with Crippen molar-refractivity contribution in [2.75, 3.05) is 17.2 Å². The molecule has 142 valence electrons. The highest BCUT2D eigenvalue weighted by atomic mass is 35.5. The van der Waals surface area contributed by atoms with Gasteiger partial charge in [-0.05, 0) is 42.8 Å². The highest BCUT2D eigenvalue weighted by Crippen LogP contribution is 2.16. The van der Waals surface area contributed by atoms with Crippen molar-refractivity contribution in [1.29, 1.82) is 0 Å². The summed E-state index contributed by atoms with van der Waals surface area (Å²) in [7, 11) is 0. The van der Waals surface area contributed by atoms with Gasteiger partial charge in [0.2, 0.25) is 5.91 Å². The lowest BCUT2D eigenvalue weighted by Gasteiger charge is -2.07. The molecule has 0 aromatic heterocycles. The molecular weight excluding hydrogens is 391 g/mol. The molecule has 2 N–H and O–H groups in total. The number of amides is 2. The molecule has 0 aliphatic rings. The number of ether oxygens (including phenoxy) is 1. The lowest BCUT2D eigenvalue weighted by molar-refractivity contribution is -0.147. The zero-order valence-electron chi connectivity index (χ0n) is 14.3. The topological polar surface area (TPSA) is 84.5 Å². The summed E-state index contributed by atoms with van der Waals surface area (Å²) in [6.45, 7) is -0.403. The second kappa shape index (κ2) is 10.5. The van der Waals surface area contributed by atoms with Crippen LogP contribution in [0.1, 0.15) is 19.3 Å². The number of benzene rings is 2. The summed E-state index contributed by atoms with van der Waals surface area (Å²) in [5, 5.41) is 6.26. The first-order valence-corrected chi connectivity index (χ1v) is 8.94. The predicted molar refractivity (Wildman–Crippen MR) is 105 cm³/mol. The molecule has 0 aliphatic heterocycles. The third-order valence-electron chi connectivity index (χ3n) is 3.37. The zero-order valence-corrected chi connectivity index (χ0v) is 15.8. The van der Waals surface area contributed by atoms with E-state index in [2.05, 4.69) is 10.6 Å². The summed E-state index contributed by atoms with van der Waals surface area (Å²) in [6.07, 6.45) is 0.491. The molecule has 6 nitrogen and oxygen atoms in total. The molecule has 2 amide bonds. The molecule has 0 fully saturated rings. The summed E-state index contributed by atoms with van der Waals surface area (Å²) >= 11 is 11.7. The second-order valence-electron chi connectivity index (χ2n) is 5.63. The Morgan fingerprint density at radius 1 is 0.815 bits per heavy atom. The van der Waals surface area contributed by atoms with Crippen LogP contribution in [0.25, 0.3) is 0 Å². The molecule has 0 aliphatic carbocycles. The van der Waals surface area contributed by atoms with Crippen LogP contribution in [0.15, 0.2) is 48.5 Å². The second-order valence-corrected chi connectivity index (χ2v) is 6.50.